The van der Waals surface area contributed by atoms with Crippen LogP contribution in [-0.2, 0) is 0 Å². The maximum atomic E-state index is 12.4. The number of carbonyl (C=O) groups is 1. The second kappa shape index (κ2) is 6.50. The van der Waals surface area contributed by atoms with Crippen molar-refractivity contribution in [1.29, 1.82) is 0 Å². The molecular weight excluding hydrogens is 311 g/mol. The highest BCUT2D eigenvalue weighted by Gasteiger charge is 2.25. The topological polar surface area (TPSA) is 55.1 Å². The number of hydrogen-bond acceptors (Lipinski definition) is 3. The number of benzene rings is 1. The summed E-state index contributed by atoms with van der Waals surface area (Å²) in [6.45, 7) is 5.62. The Bertz CT molecular complexity index is 647. The first-order valence-corrected chi connectivity index (χ1v) is 7.42. The zero-order chi connectivity index (χ0) is 15.6. The van der Waals surface area contributed by atoms with E-state index < -0.39 is 0 Å². The molecule has 0 aliphatic rings. The third-order valence-electron chi connectivity index (χ3n) is 3.28. The average Bonchev–Trinajstić information content (AvgIpc) is 2.80. The molecule has 2 rings (SSSR count). The third-order valence-corrected chi connectivity index (χ3v) is 3.91. The average molecular weight is 327 g/mol. The lowest BCUT2D eigenvalue weighted by atomic mass is 10.0. The summed E-state index contributed by atoms with van der Waals surface area (Å²) in [5.41, 5.74) is 1.24. The molecule has 1 heterocycles. The first-order valence-electron chi connectivity index (χ1n) is 6.67. The van der Waals surface area contributed by atoms with Gasteiger partial charge in [0.15, 0.2) is 0 Å². The zero-order valence-corrected chi connectivity index (χ0v) is 13.5. The van der Waals surface area contributed by atoms with Gasteiger partial charge in [0, 0.05) is 11.6 Å². The van der Waals surface area contributed by atoms with Crippen molar-refractivity contribution in [3.63, 3.8) is 0 Å². The van der Waals surface area contributed by atoms with E-state index in [0.29, 0.717) is 32.6 Å². The molecule has 0 aliphatic heterocycles. The van der Waals surface area contributed by atoms with E-state index in [9.17, 15) is 4.79 Å². The van der Waals surface area contributed by atoms with Crippen LogP contribution in [0.2, 0.25) is 10.0 Å². The lowest BCUT2D eigenvalue weighted by molar-refractivity contribution is 0.0938. The molecule has 4 nitrogen and oxygen atoms in total. The number of rotatable bonds is 4. The van der Waals surface area contributed by atoms with Gasteiger partial charge in [-0.2, -0.15) is 0 Å². The second-order valence-corrected chi connectivity index (χ2v) is 5.66. The third kappa shape index (κ3) is 3.22. The lowest BCUT2D eigenvalue weighted by Crippen LogP contribution is -2.32. The number of halogens is 2. The highest BCUT2D eigenvalue weighted by atomic mass is 35.5. The largest absolute Gasteiger partial charge is 0.360 e. The van der Waals surface area contributed by atoms with E-state index in [1.807, 2.05) is 13.8 Å². The molecule has 0 saturated carbocycles. The van der Waals surface area contributed by atoms with Gasteiger partial charge >= 0.3 is 0 Å². The number of nitrogens with zero attached hydrogens (tertiary/aromatic N) is 1. The first kappa shape index (κ1) is 15.9. The Balaban J connectivity index is 2.50. The maximum absolute atomic E-state index is 12.4. The van der Waals surface area contributed by atoms with Crippen molar-refractivity contribution in [2.24, 2.45) is 0 Å². The minimum atomic E-state index is -0.242. The Morgan fingerprint density at radius 2 is 2.00 bits per heavy atom. The van der Waals surface area contributed by atoms with Crippen LogP contribution < -0.4 is 5.32 Å². The maximum Gasteiger partial charge on any atom is 0.257 e. The number of nitrogens with one attached hydrogen (secondary N) is 1. The molecule has 1 aromatic carbocycles. The van der Waals surface area contributed by atoms with Gasteiger partial charge in [0.25, 0.3) is 5.91 Å². The summed E-state index contributed by atoms with van der Waals surface area (Å²) in [5, 5.41) is 7.70. The zero-order valence-electron chi connectivity index (χ0n) is 12.0. The van der Waals surface area contributed by atoms with Crippen molar-refractivity contribution in [2.75, 3.05) is 0 Å². The summed E-state index contributed by atoms with van der Waals surface area (Å²) in [5.74, 6) is 0.191. The van der Waals surface area contributed by atoms with Crippen LogP contribution in [0.15, 0.2) is 22.7 Å². The second-order valence-electron chi connectivity index (χ2n) is 4.84. The molecular formula is C15H16Cl2N2O2. The van der Waals surface area contributed by atoms with Crippen molar-refractivity contribution in [1.82, 2.24) is 10.5 Å². The predicted octanol–water partition coefficient (Wildman–Crippen LogP) is 4.49. The summed E-state index contributed by atoms with van der Waals surface area (Å²) in [7, 11) is 0. The fourth-order valence-corrected chi connectivity index (χ4v) is 2.51. The van der Waals surface area contributed by atoms with E-state index in [0.717, 1.165) is 6.42 Å². The number of hydrogen-bond donors (Lipinski definition) is 1. The van der Waals surface area contributed by atoms with Crippen molar-refractivity contribution >= 4 is 29.1 Å². The number of aryl methyl sites for hydroxylation is 1. The van der Waals surface area contributed by atoms with Crippen LogP contribution in [0.25, 0.3) is 11.3 Å². The Morgan fingerprint density at radius 1 is 1.38 bits per heavy atom. The van der Waals surface area contributed by atoms with Crippen molar-refractivity contribution in [3.05, 3.63) is 39.6 Å². The Labute approximate surface area is 133 Å². The first-order chi connectivity index (χ1) is 9.95. The molecule has 0 aliphatic carbocycles. The van der Waals surface area contributed by atoms with E-state index in [1.54, 1.807) is 25.1 Å². The van der Waals surface area contributed by atoms with Gasteiger partial charge in [-0.3, -0.25) is 4.79 Å². The van der Waals surface area contributed by atoms with E-state index in [-0.39, 0.29) is 11.9 Å². The molecule has 1 aromatic heterocycles. The number of amides is 1. The summed E-state index contributed by atoms with van der Waals surface area (Å²) < 4.78 is 5.17. The molecule has 0 spiro atoms. The van der Waals surface area contributed by atoms with Gasteiger partial charge in [-0.15, -0.1) is 0 Å². The van der Waals surface area contributed by atoms with E-state index in [2.05, 4.69) is 10.5 Å². The minimum absolute atomic E-state index is 0.0568. The minimum Gasteiger partial charge on any atom is -0.360 e. The van der Waals surface area contributed by atoms with Crippen LogP contribution in [-0.4, -0.2) is 17.1 Å². The van der Waals surface area contributed by atoms with Gasteiger partial charge in [0.05, 0.1) is 10.0 Å². The van der Waals surface area contributed by atoms with Crippen molar-refractivity contribution in [3.8, 4) is 11.3 Å². The molecule has 0 radical (unpaired) electrons. The summed E-state index contributed by atoms with van der Waals surface area (Å²) >= 11 is 12.4. The lowest BCUT2D eigenvalue weighted by Gasteiger charge is -2.12. The molecule has 2 aromatic rings. The van der Waals surface area contributed by atoms with Gasteiger partial charge in [0.1, 0.15) is 17.0 Å². The Morgan fingerprint density at radius 3 is 2.57 bits per heavy atom. The fourth-order valence-electron chi connectivity index (χ4n) is 1.93. The van der Waals surface area contributed by atoms with Crippen LogP contribution in [0.4, 0.5) is 0 Å². The quantitative estimate of drug-likeness (QED) is 0.900. The molecule has 0 fully saturated rings. The van der Waals surface area contributed by atoms with Crippen LogP contribution >= 0.6 is 23.2 Å². The molecule has 0 bridgehead atoms. The highest BCUT2D eigenvalue weighted by molar-refractivity contribution is 6.39. The number of aromatic nitrogens is 1. The fraction of sp³-hybridized carbons (Fsp3) is 0.333. The van der Waals surface area contributed by atoms with Crippen LogP contribution in [0.5, 0.6) is 0 Å². The molecule has 1 unspecified atom stereocenters. The summed E-state index contributed by atoms with van der Waals surface area (Å²) in [4.78, 5) is 12.4. The predicted molar refractivity (Wildman–Crippen MR) is 83.9 cm³/mol. The Kier molecular flexibility index (Phi) is 4.91. The van der Waals surface area contributed by atoms with Gasteiger partial charge in [-0.05, 0) is 32.4 Å². The monoisotopic (exact) mass is 326 g/mol. The van der Waals surface area contributed by atoms with Gasteiger partial charge in [-0.25, -0.2) is 0 Å². The standard InChI is InChI=1S/C15H16Cl2N2O2/c1-4-8(2)18-15(20)12-9(3)21-19-14(12)13-10(16)6-5-7-11(13)17/h5-8H,4H2,1-3H3,(H,18,20). The van der Waals surface area contributed by atoms with Crippen molar-refractivity contribution < 1.29 is 9.32 Å². The molecule has 1 amide bonds. The summed E-state index contributed by atoms with van der Waals surface area (Å²) in [6, 6.07) is 5.19. The van der Waals surface area contributed by atoms with Crippen LogP contribution in [0.3, 0.4) is 0 Å². The van der Waals surface area contributed by atoms with Crippen LogP contribution in [0, 0.1) is 6.92 Å². The normalized spacial score (nSPS) is 12.2. The highest BCUT2D eigenvalue weighted by Crippen LogP contribution is 2.36. The van der Waals surface area contributed by atoms with Crippen molar-refractivity contribution in [2.45, 2.75) is 33.2 Å². The molecule has 6 heteroatoms. The SMILES string of the molecule is CCC(C)NC(=O)c1c(-c2c(Cl)cccc2Cl)noc1C. The molecule has 0 saturated heterocycles. The molecule has 1 atom stereocenters. The van der Waals surface area contributed by atoms with E-state index >= 15 is 0 Å². The molecule has 1 N–H and O–H groups in total. The Hall–Kier alpha value is -1.52. The van der Waals surface area contributed by atoms with Crippen LogP contribution in [0.1, 0.15) is 36.4 Å². The van der Waals surface area contributed by atoms with Gasteiger partial charge in [0.2, 0.25) is 0 Å². The smallest absolute Gasteiger partial charge is 0.257 e. The summed E-state index contributed by atoms with van der Waals surface area (Å²) in [6.07, 6.45) is 0.832. The van der Waals surface area contributed by atoms with Gasteiger partial charge in [-0.1, -0.05) is 41.3 Å². The van der Waals surface area contributed by atoms with Gasteiger partial charge < -0.3 is 9.84 Å². The molecule has 21 heavy (non-hydrogen) atoms. The molecule has 112 valence electrons. The van der Waals surface area contributed by atoms with E-state index in [1.165, 1.54) is 0 Å². The number of carbonyl (C=O) groups excluding carboxylic acids is 1. The van der Waals surface area contributed by atoms with E-state index in [4.69, 9.17) is 27.7 Å².